The van der Waals surface area contributed by atoms with E-state index in [0.29, 0.717) is 11.0 Å². The van der Waals surface area contributed by atoms with Crippen LogP contribution >= 0.6 is 7.82 Å². The average molecular weight is 559 g/mol. The number of amides is 1. The van der Waals surface area contributed by atoms with Crippen molar-refractivity contribution in [1.29, 1.82) is 0 Å². The molecule has 0 bridgehead atoms. The number of carbonyl (C=O) groups excluding carboxylic acids is 1. The summed E-state index contributed by atoms with van der Waals surface area (Å²) < 4.78 is 97.5. The number of halogens is 6. The predicted molar refractivity (Wildman–Crippen MR) is 106 cm³/mol. The molecule has 17 heteroatoms. The van der Waals surface area contributed by atoms with Gasteiger partial charge in [-0.15, -0.1) is 0 Å². The minimum Gasteiger partial charge on any atom is -1.00 e. The third-order valence-corrected chi connectivity index (χ3v) is 5.07. The Morgan fingerprint density at radius 3 is 2.19 bits per heavy atom. The van der Waals surface area contributed by atoms with Gasteiger partial charge in [-0.2, -0.15) is 13.2 Å². The molecule has 2 aromatic rings. The second kappa shape index (κ2) is 13.3. The van der Waals surface area contributed by atoms with E-state index in [1.807, 2.05) is 0 Å². The zero-order chi connectivity index (χ0) is 25.3. The van der Waals surface area contributed by atoms with Gasteiger partial charge in [0.2, 0.25) is 0 Å². The topological polar surface area (TPSA) is 102 Å². The number of benzene rings is 2. The standard InChI is InChI=1S/C19H16F6N3O5P.2Na.2H/c20-13-4-1-3-12(19(23,24)25)11(13)9-27-8-7-16(26-27)28(10-33-34(30,31)32)18(29)17-14(21)5-2-6-15(17)22;;;;/h1-7,26H,8-10H2,(H2,30,31,32);;;;/q;2*+1;2*-1. The minimum atomic E-state index is -5.14. The summed E-state index contributed by atoms with van der Waals surface area (Å²) in [7, 11) is -5.14. The van der Waals surface area contributed by atoms with Gasteiger partial charge < -0.3 is 18.1 Å². The van der Waals surface area contributed by atoms with Gasteiger partial charge in [-0.25, -0.2) is 22.7 Å². The summed E-state index contributed by atoms with van der Waals surface area (Å²) in [5.41, 5.74) is -0.539. The van der Waals surface area contributed by atoms with Gasteiger partial charge >= 0.3 is 73.1 Å². The number of rotatable bonds is 7. The molecule has 1 aliphatic heterocycles. The fourth-order valence-electron chi connectivity index (χ4n) is 3.11. The number of carbonyl (C=O) groups is 1. The third kappa shape index (κ3) is 8.30. The van der Waals surface area contributed by atoms with E-state index >= 15 is 0 Å². The number of nitrogens with one attached hydrogen (secondary N) is 1. The molecule has 0 spiro atoms. The molecule has 0 saturated carbocycles. The van der Waals surface area contributed by atoms with Crippen molar-refractivity contribution >= 4 is 13.7 Å². The molecule has 0 atom stereocenters. The van der Waals surface area contributed by atoms with Crippen LogP contribution in [0, 0.1) is 17.5 Å². The molecule has 0 saturated heterocycles. The number of phosphoric acid groups is 1. The first kappa shape index (κ1) is 33.1. The van der Waals surface area contributed by atoms with Crippen LogP contribution in [-0.2, 0) is 21.8 Å². The van der Waals surface area contributed by atoms with Gasteiger partial charge in [-0.3, -0.25) is 14.2 Å². The summed E-state index contributed by atoms with van der Waals surface area (Å²) in [6, 6.07) is 4.95. The summed E-state index contributed by atoms with van der Waals surface area (Å²) in [5, 5.41) is 1.04. The van der Waals surface area contributed by atoms with Crippen molar-refractivity contribution in [2.45, 2.75) is 12.7 Å². The van der Waals surface area contributed by atoms with E-state index in [2.05, 4.69) is 9.95 Å². The summed E-state index contributed by atoms with van der Waals surface area (Å²) in [5.74, 6) is -5.40. The Kier molecular flexibility index (Phi) is 12.2. The van der Waals surface area contributed by atoms with Crippen LogP contribution < -0.4 is 64.5 Å². The molecule has 36 heavy (non-hydrogen) atoms. The Hall–Kier alpha value is -0.900. The van der Waals surface area contributed by atoms with Crippen molar-refractivity contribution < 1.29 is 112 Å². The van der Waals surface area contributed by atoms with Crippen molar-refractivity contribution in [2.24, 2.45) is 0 Å². The number of phosphoric ester groups is 1. The van der Waals surface area contributed by atoms with Gasteiger partial charge in [0.05, 0.1) is 5.56 Å². The first-order valence-electron chi connectivity index (χ1n) is 9.30. The van der Waals surface area contributed by atoms with Crippen molar-refractivity contribution in [3.8, 4) is 0 Å². The Balaban J connectivity index is 0. The fraction of sp³-hybridized carbons (Fsp3) is 0.211. The molecule has 1 heterocycles. The fourth-order valence-corrected chi connectivity index (χ4v) is 3.37. The molecule has 1 aliphatic rings. The molecule has 3 rings (SSSR count). The second-order valence-electron chi connectivity index (χ2n) is 6.92. The molecule has 3 N–H and O–H groups in total. The van der Waals surface area contributed by atoms with Crippen LogP contribution in [0.4, 0.5) is 26.3 Å². The predicted octanol–water partition coefficient (Wildman–Crippen LogP) is -2.27. The van der Waals surface area contributed by atoms with Crippen LogP contribution in [0.15, 0.2) is 48.3 Å². The van der Waals surface area contributed by atoms with Gasteiger partial charge in [-0.1, -0.05) is 12.1 Å². The maximum Gasteiger partial charge on any atom is 1.00 e. The summed E-state index contributed by atoms with van der Waals surface area (Å²) in [6.45, 7) is -2.02. The summed E-state index contributed by atoms with van der Waals surface area (Å²) in [6.07, 6.45) is -3.68. The number of hydrazine groups is 1. The Morgan fingerprint density at radius 2 is 1.64 bits per heavy atom. The van der Waals surface area contributed by atoms with Crippen LogP contribution in [0.1, 0.15) is 24.3 Å². The maximum absolute atomic E-state index is 14.2. The van der Waals surface area contributed by atoms with E-state index < -0.39 is 67.3 Å². The molecule has 0 aliphatic carbocycles. The van der Waals surface area contributed by atoms with Crippen LogP contribution in [0.5, 0.6) is 0 Å². The van der Waals surface area contributed by atoms with E-state index in [1.54, 1.807) is 0 Å². The van der Waals surface area contributed by atoms with Gasteiger partial charge in [0.1, 0.15) is 35.6 Å². The molecule has 0 unspecified atom stereocenters. The van der Waals surface area contributed by atoms with Crippen molar-refractivity contribution in [1.82, 2.24) is 15.3 Å². The third-order valence-electron chi connectivity index (χ3n) is 4.62. The Bertz CT molecular complexity index is 1170. The SMILES string of the molecule is O=C(c1c(F)cccc1F)N(COP(=O)(O)O)C1=CCN(Cc2c(F)cccc2C(F)(F)F)N1.[H-].[H-].[Na+].[Na+]. The minimum absolute atomic E-state index is 0. The van der Waals surface area contributed by atoms with Crippen molar-refractivity contribution in [3.63, 3.8) is 0 Å². The van der Waals surface area contributed by atoms with Crippen LogP contribution in [0.25, 0.3) is 0 Å². The molecule has 8 nitrogen and oxygen atoms in total. The van der Waals surface area contributed by atoms with E-state index in [0.717, 1.165) is 35.3 Å². The van der Waals surface area contributed by atoms with E-state index in [9.17, 15) is 35.7 Å². The molecular formula is C19H18F6N3Na2O5P. The van der Waals surface area contributed by atoms with E-state index in [4.69, 9.17) is 9.79 Å². The molecule has 188 valence electrons. The molecule has 0 fully saturated rings. The zero-order valence-electron chi connectivity index (χ0n) is 20.9. The molecule has 1 amide bonds. The largest absolute Gasteiger partial charge is 1.00 e. The van der Waals surface area contributed by atoms with E-state index in [-0.39, 0.29) is 74.3 Å². The maximum atomic E-state index is 14.2. The van der Waals surface area contributed by atoms with Crippen LogP contribution in [-0.4, -0.2) is 38.9 Å². The first-order valence-corrected chi connectivity index (χ1v) is 10.8. The van der Waals surface area contributed by atoms with E-state index in [1.165, 1.54) is 6.08 Å². The normalized spacial score (nSPS) is 13.8. The van der Waals surface area contributed by atoms with Gasteiger partial charge in [0.15, 0.2) is 0 Å². The monoisotopic (exact) mass is 559 g/mol. The van der Waals surface area contributed by atoms with Crippen LogP contribution in [0.3, 0.4) is 0 Å². The second-order valence-corrected chi connectivity index (χ2v) is 8.16. The first-order chi connectivity index (χ1) is 15.8. The van der Waals surface area contributed by atoms with Gasteiger partial charge in [0, 0.05) is 18.7 Å². The quantitative estimate of drug-likeness (QED) is 0.152. The zero-order valence-corrected chi connectivity index (χ0v) is 23.8. The smallest absolute Gasteiger partial charge is 1.00 e. The molecule has 0 radical (unpaired) electrons. The summed E-state index contributed by atoms with van der Waals surface area (Å²) >= 11 is 0. The van der Waals surface area contributed by atoms with Crippen LogP contribution in [0.2, 0.25) is 0 Å². The van der Waals surface area contributed by atoms with Gasteiger partial charge in [0.25, 0.3) is 5.91 Å². The number of alkyl halides is 3. The van der Waals surface area contributed by atoms with Crippen molar-refractivity contribution in [3.05, 3.63) is 82.4 Å². The van der Waals surface area contributed by atoms with Crippen molar-refractivity contribution in [2.75, 3.05) is 13.3 Å². The average Bonchev–Trinajstić information content (AvgIpc) is 3.16. The molecular weight excluding hydrogens is 541 g/mol. The summed E-state index contributed by atoms with van der Waals surface area (Å²) in [4.78, 5) is 31.2. The number of nitrogens with zero attached hydrogens (tertiary/aromatic N) is 2. The number of hydrogen-bond donors (Lipinski definition) is 3. The Labute approximate surface area is 248 Å². The molecule has 0 aromatic heterocycles. The van der Waals surface area contributed by atoms with Gasteiger partial charge in [-0.05, 0) is 30.3 Å². The molecule has 2 aromatic carbocycles. The number of hydrogen-bond acceptors (Lipinski definition) is 5. The Morgan fingerprint density at radius 1 is 1.08 bits per heavy atom.